The number of ether oxygens (including phenoxy) is 1. The van der Waals surface area contributed by atoms with Crippen molar-refractivity contribution in [2.45, 2.75) is 30.7 Å². The number of aryl methyl sites for hydroxylation is 1. The van der Waals surface area contributed by atoms with Crippen LogP contribution in [0, 0.1) is 0 Å². The van der Waals surface area contributed by atoms with E-state index >= 15 is 0 Å². The molecule has 32 heavy (non-hydrogen) atoms. The summed E-state index contributed by atoms with van der Waals surface area (Å²) in [6.07, 6.45) is 4.99. The van der Waals surface area contributed by atoms with Gasteiger partial charge in [-0.05, 0) is 36.5 Å². The molecule has 2 aromatic carbocycles. The summed E-state index contributed by atoms with van der Waals surface area (Å²) in [6, 6.07) is 17.9. The molecule has 5 rings (SSSR count). The maximum atomic E-state index is 13.5. The minimum Gasteiger partial charge on any atom is -0.467 e. The molecule has 7 nitrogen and oxygen atoms in total. The summed E-state index contributed by atoms with van der Waals surface area (Å²) in [7, 11) is 1.48. The second-order valence-corrected chi connectivity index (χ2v) is 8.22. The maximum Gasteiger partial charge on any atom is 0.316 e. The van der Waals surface area contributed by atoms with Gasteiger partial charge in [0.05, 0.1) is 24.1 Å². The third kappa shape index (κ3) is 3.21. The van der Waals surface area contributed by atoms with Crippen molar-refractivity contribution < 1.29 is 14.3 Å². The van der Waals surface area contributed by atoms with Crippen molar-refractivity contribution in [2.24, 2.45) is 0 Å². The Hall–Kier alpha value is -3.74. The highest BCUT2D eigenvalue weighted by Gasteiger charge is 2.58. The van der Waals surface area contributed by atoms with Crippen LogP contribution >= 0.6 is 0 Å². The molecular formula is C25H24N4O3. The molecule has 0 unspecified atom stereocenters. The first-order valence-electron chi connectivity index (χ1n) is 10.8. The van der Waals surface area contributed by atoms with Crippen molar-refractivity contribution in [2.75, 3.05) is 19.0 Å². The molecule has 2 aliphatic rings. The van der Waals surface area contributed by atoms with E-state index in [1.807, 2.05) is 47.4 Å². The Balaban J connectivity index is 1.52. The zero-order valence-corrected chi connectivity index (χ0v) is 17.8. The van der Waals surface area contributed by atoms with Gasteiger partial charge in [-0.25, -0.2) is 9.97 Å². The Bertz CT molecular complexity index is 1150. The van der Waals surface area contributed by atoms with Crippen LogP contribution in [0.15, 0.2) is 67.0 Å². The molecule has 1 saturated heterocycles. The van der Waals surface area contributed by atoms with E-state index in [1.165, 1.54) is 25.1 Å². The molecule has 0 bridgehead atoms. The van der Waals surface area contributed by atoms with Gasteiger partial charge in [-0.3, -0.25) is 9.59 Å². The smallest absolute Gasteiger partial charge is 0.316 e. The first kappa shape index (κ1) is 20.2. The average Bonchev–Trinajstić information content (AvgIpc) is 3.36. The number of fused-ring (bicyclic) bond motifs is 2. The van der Waals surface area contributed by atoms with E-state index < -0.39 is 5.41 Å². The van der Waals surface area contributed by atoms with Crippen molar-refractivity contribution in [3.63, 3.8) is 0 Å². The Morgan fingerprint density at radius 3 is 2.59 bits per heavy atom. The zero-order chi connectivity index (χ0) is 22.1. The fraction of sp³-hybridized carbons (Fsp3) is 0.280. The fourth-order valence-corrected chi connectivity index (χ4v) is 5.09. The van der Waals surface area contributed by atoms with Gasteiger partial charge in [-0.1, -0.05) is 48.5 Å². The van der Waals surface area contributed by atoms with Crippen LogP contribution in [0.25, 0.3) is 0 Å². The molecule has 162 valence electrons. The van der Waals surface area contributed by atoms with Gasteiger partial charge < -0.3 is 15.0 Å². The lowest BCUT2D eigenvalue weighted by Crippen LogP contribution is -2.49. The normalized spacial score (nSPS) is 21.5. The van der Waals surface area contributed by atoms with E-state index in [2.05, 4.69) is 27.4 Å². The van der Waals surface area contributed by atoms with Crippen LogP contribution in [-0.4, -0.2) is 46.4 Å². The molecule has 1 N–H and O–H groups in total. The van der Waals surface area contributed by atoms with E-state index in [1.54, 1.807) is 0 Å². The SMILES string of the molecule is COc1ncc(C(=O)N2CC[C@@]3(C(=O)Nc4ccccc43)[C@@H]2CCc2ccccc2)cn1. The van der Waals surface area contributed by atoms with Gasteiger partial charge >= 0.3 is 6.01 Å². The molecule has 2 aliphatic heterocycles. The summed E-state index contributed by atoms with van der Waals surface area (Å²) in [5.74, 6) is -0.196. The number of amides is 2. The number of benzene rings is 2. The number of nitrogens with one attached hydrogen (secondary N) is 1. The Morgan fingerprint density at radius 1 is 1.12 bits per heavy atom. The maximum absolute atomic E-state index is 13.5. The van der Waals surface area contributed by atoms with Crippen molar-refractivity contribution in [1.29, 1.82) is 0 Å². The van der Waals surface area contributed by atoms with Crippen LogP contribution in [0.2, 0.25) is 0 Å². The van der Waals surface area contributed by atoms with Gasteiger partial charge in [0.15, 0.2) is 0 Å². The largest absolute Gasteiger partial charge is 0.467 e. The molecule has 0 radical (unpaired) electrons. The van der Waals surface area contributed by atoms with E-state index in [0.29, 0.717) is 24.9 Å². The molecule has 0 aliphatic carbocycles. The lowest BCUT2D eigenvalue weighted by molar-refractivity contribution is -0.121. The van der Waals surface area contributed by atoms with Gasteiger partial charge in [-0.15, -0.1) is 0 Å². The molecule has 2 amide bonds. The number of rotatable bonds is 5. The highest BCUT2D eigenvalue weighted by atomic mass is 16.5. The van der Waals surface area contributed by atoms with Gasteiger partial charge in [0.25, 0.3) is 5.91 Å². The summed E-state index contributed by atoms with van der Waals surface area (Å²) in [4.78, 5) is 36.9. The predicted molar refractivity (Wildman–Crippen MR) is 120 cm³/mol. The zero-order valence-electron chi connectivity index (χ0n) is 17.8. The number of aromatic nitrogens is 2. The standard InChI is InChI=1S/C25H24N4O3/c1-32-24-26-15-18(16-27-24)22(30)29-14-13-25(19-9-5-6-10-20(19)28-23(25)31)21(29)12-11-17-7-3-2-4-8-17/h2-10,15-16,21H,11-14H2,1H3,(H,28,31)/t21-,25-/m0/s1. The van der Waals surface area contributed by atoms with Crippen LogP contribution in [-0.2, 0) is 16.6 Å². The van der Waals surface area contributed by atoms with Crippen LogP contribution < -0.4 is 10.1 Å². The van der Waals surface area contributed by atoms with Crippen molar-refractivity contribution in [3.05, 3.63) is 83.7 Å². The monoisotopic (exact) mass is 428 g/mol. The Kier molecular flexibility index (Phi) is 5.09. The number of carbonyl (C=O) groups is 2. The second kappa shape index (κ2) is 8.07. The number of likely N-dealkylation sites (tertiary alicyclic amines) is 1. The number of hydrogen-bond donors (Lipinski definition) is 1. The van der Waals surface area contributed by atoms with E-state index in [0.717, 1.165) is 17.7 Å². The minimum atomic E-state index is -0.756. The summed E-state index contributed by atoms with van der Waals surface area (Å²) in [6.45, 7) is 0.492. The number of para-hydroxylation sites is 1. The molecule has 1 aromatic heterocycles. The lowest BCUT2D eigenvalue weighted by Gasteiger charge is -2.34. The first-order valence-corrected chi connectivity index (χ1v) is 10.8. The molecule has 3 heterocycles. The quantitative estimate of drug-likeness (QED) is 0.675. The highest BCUT2D eigenvalue weighted by molar-refractivity contribution is 6.08. The molecule has 7 heteroatoms. The van der Waals surface area contributed by atoms with E-state index in [-0.39, 0.29) is 23.9 Å². The molecule has 1 spiro atoms. The van der Waals surface area contributed by atoms with Gasteiger partial charge in [0, 0.05) is 24.6 Å². The summed E-state index contributed by atoms with van der Waals surface area (Å²) >= 11 is 0. The fourth-order valence-electron chi connectivity index (χ4n) is 5.09. The van der Waals surface area contributed by atoms with Crippen LogP contribution in [0.4, 0.5) is 5.69 Å². The molecule has 3 aromatic rings. The van der Waals surface area contributed by atoms with Crippen LogP contribution in [0.3, 0.4) is 0 Å². The number of methoxy groups -OCH3 is 1. The lowest BCUT2D eigenvalue weighted by atomic mass is 9.73. The van der Waals surface area contributed by atoms with Gasteiger partial charge in [-0.2, -0.15) is 0 Å². The van der Waals surface area contributed by atoms with E-state index in [9.17, 15) is 9.59 Å². The van der Waals surface area contributed by atoms with Crippen molar-refractivity contribution >= 4 is 17.5 Å². The molecule has 2 atom stereocenters. The number of nitrogens with zero attached hydrogens (tertiary/aromatic N) is 3. The Labute approximate surface area is 186 Å². The molecule has 0 saturated carbocycles. The third-order valence-corrected chi connectivity index (χ3v) is 6.62. The van der Waals surface area contributed by atoms with Gasteiger partial charge in [0.2, 0.25) is 5.91 Å². The van der Waals surface area contributed by atoms with Crippen molar-refractivity contribution in [3.8, 4) is 6.01 Å². The summed E-state index contributed by atoms with van der Waals surface area (Å²) < 4.78 is 5.01. The summed E-state index contributed by atoms with van der Waals surface area (Å²) in [5, 5.41) is 3.05. The Morgan fingerprint density at radius 2 is 1.84 bits per heavy atom. The molecule has 1 fully saturated rings. The summed E-state index contributed by atoms with van der Waals surface area (Å²) in [5.41, 5.74) is 2.63. The highest BCUT2D eigenvalue weighted by Crippen LogP contribution is 2.49. The topological polar surface area (TPSA) is 84.4 Å². The minimum absolute atomic E-state index is 0.0296. The predicted octanol–water partition coefficient (Wildman–Crippen LogP) is 3.22. The molecular weight excluding hydrogens is 404 g/mol. The average molecular weight is 428 g/mol. The van der Waals surface area contributed by atoms with Crippen molar-refractivity contribution in [1.82, 2.24) is 14.9 Å². The van der Waals surface area contributed by atoms with Gasteiger partial charge in [0.1, 0.15) is 0 Å². The number of carbonyl (C=O) groups excluding carboxylic acids is 2. The first-order chi connectivity index (χ1) is 15.6. The number of anilines is 1. The third-order valence-electron chi connectivity index (χ3n) is 6.62. The second-order valence-electron chi connectivity index (χ2n) is 8.22. The number of hydrogen-bond acceptors (Lipinski definition) is 5. The van der Waals surface area contributed by atoms with Crippen LogP contribution in [0.5, 0.6) is 6.01 Å². The van der Waals surface area contributed by atoms with E-state index in [4.69, 9.17) is 4.74 Å². The van der Waals surface area contributed by atoms with Crippen LogP contribution in [0.1, 0.15) is 34.3 Å².